The summed E-state index contributed by atoms with van der Waals surface area (Å²) in [6.07, 6.45) is 1.67. The number of hydrogen-bond acceptors (Lipinski definition) is 3. The van der Waals surface area contributed by atoms with Gasteiger partial charge in [0.05, 0.1) is 11.8 Å². The zero-order valence-corrected chi connectivity index (χ0v) is 19.1. The molecule has 0 atom stereocenters. The molecule has 5 nitrogen and oxygen atoms in total. The SMILES string of the molecule is O=C(c1cc2occc2n1Cc1ccc(Br)cc1)N1CCN(c2cccc(Cl)c2)CC1. The van der Waals surface area contributed by atoms with Crippen molar-refractivity contribution in [3.8, 4) is 0 Å². The van der Waals surface area contributed by atoms with E-state index >= 15 is 0 Å². The Morgan fingerprint density at radius 3 is 2.52 bits per heavy atom. The lowest BCUT2D eigenvalue weighted by molar-refractivity contribution is 0.0737. The van der Waals surface area contributed by atoms with Gasteiger partial charge in [-0.15, -0.1) is 0 Å². The summed E-state index contributed by atoms with van der Waals surface area (Å²) in [5.74, 6) is 0.0363. The Bertz CT molecular complexity index is 1220. The number of carbonyl (C=O) groups is 1. The molecule has 31 heavy (non-hydrogen) atoms. The molecule has 1 aliphatic heterocycles. The molecule has 3 heterocycles. The number of benzene rings is 2. The Hall–Kier alpha value is -2.70. The van der Waals surface area contributed by atoms with Crippen LogP contribution < -0.4 is 4.90 Å². The minimum Gasteiger partial charge on any atom is -0.463 e. The molecule has 7 heteroatoms. The lowest BCUT2D eigenvalue weighted by Crippen LogP contribution is -2.49. The first-order valence-electron chi connectivity index (χ1n) is 10.2. The molecule has 5 rings (SSSR count). The third kappa shape index (κ3) is 4.10. The van der Waals surface area contributed by atoms with Gasteiger partial charge in [-0.3, -0.25) is 4.79 Å². The van der Waals surface area contributed by atoms with Crippen molar-refractivity contribution in [1.82, 2.24) is 9.47 Å². The molecule has 1 saturated heterocycles. The van der Waals surface area contributed by atoms with Crippen LogP contribution in [0.3, 0.4) is 0 Å². The molecule has 0 saturated carbocycles. The van der Waals surface area contributed by atoms with Crippen molar-refractivity contribution in [1.29, 1.82) is 0 Å². The molecule has 0 unspecified atom stereocenters. The quantitative estimate of drug-likeness (QED) is 0.364. The summed E-state index contributed by atoms with van der Waals surface area (Å²) in [4.78, 5) is 17.6. The van der Waals surface area contributed by atoms with Crippen LogP contribution in [0.15, 0.2) is 75.8 Å². The number of fused-ring (bicyclic) bond motifs is 1. The first kappa shape index (κ1) is 20.2. The molecular formula is C24H21BrClN3O2. The molecule has 1 amide bonds. The fourth-order valence-electron chi connectivity index (χ4n) is 4.10. The zero-order chi connectivity index (χ0) is 21.4. The molecule has 158 valence electrons. The molecule has 0 N–H and O–H groups in total. The smallest absolute Gasteiger partial charge is 0.270 e. The first-order valence-corrected chi connectivity index (χ1v) is 11.4. The van der Waals surface area contributed by atoms with Gasteiger partial charge < -0.3 is 18.8 Å². The summed E-state index contributed by atoms with van der Waals surface area (Å²) < 4.78 is 8.68. The van der Waals surface area contributed by atoms with E-state index in [0.29, 0.717) is 25.3 Å². The number of anilines is 1. The van der Waals surface area contributed by atoms with Crippen LogP contribution in [-0.4, -0.2) is 41.6 Å². The van der Waals surface area contributed by atoms with Crippen molar-refractivity contribution in [3.63, 3.8) is 0 Å². The summed E-state index contributed by atoms with van der Waals surface area (Å²) >= 11 is 9.62. The number of furan rings is 1. The molecule has 0 bridgehead atoms. The second-order valence-corrected chi connectivity index (χ2v) is 9.02. The van der Waals surface area contributed by atoms with Crippen molar-refractivity contribution in [2.75, 3.05) is 31.1 Å². The van der Waals surface area contributed by atoms with Crippen LogP contribution in [0.25, 0.3) is 11.1 Å². The lowest BCUT2D eigenvalue weighted by Gasteiger charge is -2.36. The highest BCUT2D eigenvalue weighted by Gasteiger charge is 2.26. The number of piperazine rings is 1. The van der Waals surface area contributed by atoms with Gasteiger partial charge in [-0.05, 0) is 35.9 Å². The maximum absolute atomic E-state index is 13.4. The second-order valence-electron chi connectivity index (χ2n) is 7.67. The van der Waals surface area contributed by atoms with Gasteiger partial charge in [-0.1, -0.05) is 45.7 Å². The van der Waals surface area contributed by atoms with Crippen LogP contribution in [0, 0.1) is 0 Å². The Balaban J connectivity index is 1.36. The highest BCUT2D eigenvalue weighted by Crippen LogP contribution is 2.26. The van der Waals surface area contributed by atoms with E-state index in [-0.39, 0.29) is 5.91 Å². The fraction of sp³-hybridized carbons (Fsp3) is 0.208. The van der Waals surface area contributed by atoms with E-state index in [1.165, 1.54) is 0 Å². The standard InChI is InChI=1S/C24H21BrClN3O2/c25-18-6-4-17(5-7-18)16-29-21-8-13-31-23(21)15-22(29)24(30)28-11-9-27(10-12-28)20-3-1-2-19(26)14-20/h1-8,13-15H,9-12,16H2. The predicted molar refractivity (Wildman–Crippen MR) is 127 cm³/mol. The normalized spacial score (nSPS) is 14.4. The Morgan fingerprint density at radius 1 is 1.00 bits per heavy atom. The number of aromatic nitrogens is 1. The first-order chi connectivity index (χ1) is 15.1. The van der Waals surface area contributed by atoms with Crippen molar-refractivity contribution >= 4 is 50.2 Å². The Morgan fingerprint density at radius 2 is 1.77 bits per heavy atom. The molecule has 0 radical (unpaired) electrons. The third-order valence-electron chi connectivity index (χ3n) is 5.74. The largest absolute Gasteiger partial charge is 0.463 e. The summed E-state index contributed by atoms with van der Waals surface area (Å²) in [6, 6.07) is 19.8. The molecule has 2 aromatic carbocycles. The Kier molecular flexibility index (Phi) is 5.50. The molecule has 0 spiro atoms. The number of carbonyl (C=O) groups excluding carboxylic acids is 1. The number of rotatable bonds is 4. The molecule has 1 aliphatic rings. The number of halogens is 2. The van der Waals surface area contributed by atoms with Crippen LogP contribution in [0.5, 0.6) is 0 Å². The van der Waals surface area contributed by atoms with Gasteiger partial charge in [0.25, 0.3) is 5.91 Å². The minimum absolute atomic E-state index is 0.0363. The Labute approximate surface area is 193 Å². The van der Waals surface area contributed by atoms with Crippen LogP contribution in [0.2, 0.25) is 5.02 Å². The van der Waals surface area contributed by atoms with Gasteiger partial charge in [0.1, 0.15) is 5.69 Å². The van der Waals surface area contributed by atoms with Crippen molar-refractivity contribution in [3.05, 3.63) is 87.7 Å². The van der Waals surface area contributed by atoms with E-state index in [4.69, 9.17) is 16.0 Å². The molecular weight excluding hydrogens is 478 g/mol. The zero-order valence-electron chi connectivity index (χ0n) is 16.8. The van der Waals surface area contributed by atoms with E-state index in [1.807, 2.05) is 51.9 Å². The summed E-state index contributed by atoms with van der Waals surface area (Å²) in [6.45, 7) is 3.48. The number of nitrogens with zero attached hydrogens (tertiary/aromatic N) is 3. The molecule has 1 fully saturated rings. The van der Waals surface area contributed by atoms with Gasteiger partial charge in [-0.25, -0.2) is 0 Å². The summed E-state index contributed by atoms with van der Waals surface area (Å²) in [5.41, 5.74) is 4.55. The van der Waals surface area contributed by atoms with Crippen LogP contribution >= 0.6 is 27.5 Å². The number of hydrogen-bond donors (Lipinski definition) is 0. The number of amides is 1. The van der Waals surface area contributed by atoms with Crippen molar-refractivity contribution < 1.29 is 9.21 Å². The average Bonchev–Trinajstić information content (AvgIpc) is 3.37. The lowest BCUT2D eigenvalue weighted by atomic mass is 10.2. The van der Waals surface area contributed by atoms with E-state index in [9.17, 15) is 4.79 Å². The topological polar surface area (TPSA) is 41.6 Å². The van der Waals surface area contributed by atoms with Crippen LogP contribution in [0.4, 0.5) is 5.69 Å². The predicted octanol–water partition coefficient (Wildman–Crippen LogP) is 5.66. The summed E-state index contributed by atoms with van der Waals surface area (Å²) in [7, 11) is 0. The molecule has 4 aromatic rings. The van der Waals surface area contributed by atoms with Crippen LogP contribution in [0.1, 0.15) is 16.1 Å². The average molecular weight is 499 g/mol. The fourth-order valence-corrected chi connectivity index (χ4v) is 4.55. The van der Waals surface area contributed by atoms with Gasteiger partial charge in [0.2, 0.25) is 0 Å². The van der Waals surface area contributed by atoms with E-state index in [0.717, 1.165) is 44.9 Å². The maximum atomic E-state index is 13.4. The third-order valence-corrected chi connectivity index (χ3v) is 6.50. The molecule has 0 aliphatic carbocycles. The van der Waals surface area contributed by atoms with Gasteiger partial charge in [0.15, 0.2) is 5.58 Å². The maximum Gasteiger partial charge on any atom is 0.270 e. The van der Waals surface area contributed by atoms with Crippen LogP contribution in [-0.2, 0) is 6.54 Å². The summed E-state index contributed by atoms with van der Waals surface area (Å²) in [5, 5.41) is 0.726. The highest BCUT2D eigenvalue weighted by atomic mass is 79.9. The second kappa shape index (κ2) is 8.44. The molecule has 2 aromatic heterocycles. The van der Waals surface area contributed by atoms with Crippen molar-refractivity contribution in [2.24, 2.45) is 0 Å². The van der Waals surface area contributed by atoms with Crippen molar-refractivity contribution in [2.45, 2.75) is 6.54 Å². The van der Waals surface area contributed by atoms with Gasteiger partial charge >= 0.3 is 0 Å². The monoisotopic (exact) mass is 497 g/mol. The van der Waals surface area contributed by atoms with Gasteiger partial charge in [-0.2, -0.15) is 0 Å². The van der Waals surface area contributed by atoms with E-state index in [1.54, 1.807) is 6.26 Å². The highest BCUT2D eigenvalue weighted by molar-refractivity contribution is 9.10. The van der Waals surface area contributed by atoms with E-state index in [2.05, 4.69) is 39.0 Å². The minimum atomic E-state index is 0.0363. The van der Waals surface area contributed by atoms with E-state index < -0.39 is 0 Å². The van der Waals surface area contributed by atoms with Gasteiger partial charge in [0, 0.05) is 60.0 Å².